The zero-order valence-corrected chi connectivity index (χ0v) is 17.9. The molecular weight excluding hydrogens is 388 g/mol. The first-order valence-corrected chi connectivity index (χ1v) is 10.6. The zero-order chi connectivity index (χ0) is 21.2. The molecule has 31 heavy (non-hydrogen) atoms. The number of furan rings is 1. The minimum absolute atomic E-state index is 0.605. The fourth-order valence-electron chi connectivity index (χ4n) is 3.83. The minimum Gasteiger partial charge on any atom is -0.453 e. The molecule has 0 spiro atoms. The van der Waals surface area contributed by atoms with E-state index in [2.05, 4.69) is 32.9 Å². The van der Waals surface area contributed by atoms with Crippen molar-refractivity contribution < 1.29 is 4.42 Å². The van der Waals surface area contributed by atoms with Crippen LogP contribution in [-0.4, -0.2) is 57.9 Å². The van der Waals surface area contributed by atoms with Gasteiger partial charge in [0.2, 0.25) is 5.82 Å². The third-order valence-electron chi connectivity index (χ3n) is 5.71. The SMILES string of the molecule is Cc1nc(-c2ccc(-c3ccccc3)o2)nn1Cc1ccnc(N2CCN(C)CC2)c1. The molecule has 1 aliphatic heterocycles. The number of anilines is 1. The Morgan fingerprint density at radius 2 is 1.71 bits per heavy atom. The molecule has 7 nitrogen and oxygen atoms in total. The number of aromatic nitrogens is 4. The summed E-state index contributed by atoms with van der Waals surface area (Å²) in [6.07, 6.45) is 1.88. The fourth-order valence-corrected chi connectivity index (χ4v) is 3.83. The highest BCUT2D eigenvalue weighted by Gasteiger charge is 2.17. The Balaban J connectivity index is 1.34. The monoisotopic (exact) mass is 414 g/mol. The zero-order valence-electron chi connectivity index (χ0n) is 17.9. The van der Waals surface area contributed by atoms with E-state index in [1.165, 1.54) is 0 Å². The van der Waals surface area contributed by atoms with Crippen LogP contribution in [0.25, 0.3) is 22.9 Å². The van der Waals surface area contributed by atoms with Gasteiger partial charge >= 0.3 is 0 Å². The van der Waals surface area contributed by atoms with Gasteiger partial charge < -0.3 is 14.2 Å². The molecule has 0 atom stereocenters. The van der Waals surface area contributed by atoms with E-state index in [0.717, 1.165) is 54.7 Å². The van der Waals surface area contributed by atoms with Crippen LogP contribution in [-0.2, 0) is 6.54 Å². The molecule has 1 aromatic carbocycles. The second-order valence-electron chi connectivity index (χ2n) is 7.98. The summed E-state index contributed by atoms with van der Waals surface area (Å²) < 4.78 is 7.94. The molecule has 4 aromatic rings. The smallest absolute Gasteiger partial charge is 0.217 e. The highest BCUT2D eigenvalue weighted by Crippen LogP contribution is 2.27. The van der Waals surface area contributed by atoms with Gasteiger partial charge in [-0.25, -0.2) is 14.6 Å². The summed E-state index contributed by atoms with van der Waals surface area (Å²) in [7, 11) is 2.16. The van der Waals surface area contributed by atoms with E-state index in [1.807, 2.05) is 66.3 Å². The van der Waals surface area contributed by atoms with Crippen LogP contribution in [0.5, 0.6) is 0 Å². The van der Waals surface area contributed by atoms with Crippen LogP contribution in [0.1, 0.15) is 11.4 Å². The highest BCUT2D eigenvalue weighted by atomic mass is 16.3. The summed E-state index contributed by atoms with van der Waals surface area (Å²) in [6, 6.07) is 18.1. The lowest BCUT2D eigenvalue weighted by molar-refractivity contribution is 0.312. The van der Waals surface area contributed by atoms with E-state index in [-0.39, 0.29) is 0 Å². The van der Waals surface area contributed by atoms with Crippen LogP contribution in [0.4, 0.5) is 5.82 Å². The van der Waals surface area contributed by atoms with Crippen LogP contribution in [0.15, 0.2) is 65.2 Å². The Bertz CT molecular complexity index is 1160. The number of benzene rings is 1. The van der Waals surface area contributed by atoms with Gasteiger partial charge in [-0.1, -0.05) is 30.3 Å². The standard InChI is InChI=1S/C24H26N6O/c1-18-26-24(22-9-8-21(31-22)20-6-4-3-5-7-20)27-30(18)17-19-10-11-25-23(16-19)29-14-12-28(2)13-15-29/h3-11,16H,12-15,17H2,1-2H3. The van der Waals surface area contributed by atoms with Crippen molar-refractivity contribution >= 4 is 5.82 Å². The predicted molar refractivity (Wildman–Crippen MR) is 121 cm³/mol. The number of aryl methyl sites for hydroxylation is 1. The number of hydrogen-bond acceptors (Lipinski definition) is 6. The molecule has 3 aromatic heterocycles. The summed E-state index contributed by atoms with van der Waals surface area (Å²) >= 11 is 0. The molecule has 0 bridgehead atoms. The van der Waals surface area contributed by atoms with Crippen molar-refractivity contribution in [1.82, 2.24) is 24.6 Å². The second-order valence-corrected chi connectivity index (χ2v) is 7.98. The summed E-state index contributed by atoms with van der Waals surface area (Å²) in [5, 5.41) is 4.71. The van der Waals surface area contributed by atoms with Gasteiger partial charge in [0.25, 0.3) is 0 Å². The van der Waals surface area contributed by atoms with Gasteiger partial charge in [0.1, 0.15) is 17.4 Å². The van der Waals surface area contributed by atoms with Gasteiger partial charge in [-0.15, -0.1) is 5.10 Å². The highest BCUT2D eigenvalue weighted by molar-refractivity contribution is 5.61. The van der Waals surface area contributed by atoms with Crippen molar-refractivity contribution in [3.8, 4) is 22.9 Å². The molecule has 1 aliphatic rings. The lowest BCUT2D eigenvalue weighted by Crippen LogP contribution is -2.44. The summed E-state index contributed by atoms with van der Waals surface area (Å²) in [5.41, 5.74) is 2.20. The van der Waals surface area contributed by atoms with Crippen molar-refractivity contribution in [3.63, 3.8) is 0 Å². The molecule has 0 amide bonds. The molecule has 1 saturated heterocycles. The lowest BCUT2D eigenvalue weighted by Gasteiger charge is -2.33. The normalized spacial score (nSPS) is 14.8. The minimum atomic E-state index is 0.605. The summed E-state index contributed by atoms with van der Waals surface area (Å²) in [5.74, 6) is 3.98. The molecule has 0 unspecified atom stereocenters. The number of rotatable bonds is 5. The van der Waals surface area contributed by atoms with Crippen LogP contribution in [0.3, 0.4) is 0 Å². The van der Waals surface area contributed by atoms with E-state index in [9.17, 15) is 0 Å². The van der Waals surface area contributed by atoms with Gasteiger partial charge in [-0.2, -0.15) is 0 Å². The largest absolute Gasteiger partial charge is 0.453 e. The van der Waals surface area contributed by atoms with Crippen molar-refractivity contribution in [2.24, 2.45) is 0 Å². The maximum absolute atomic E-state index is 6.02. The Morgan fingerprint density at radius 1 is 0.935 bits per heavy atom. The fraction of sp³-hybridized carbons (Fsp3) is 0.292. The Labute approximate surface area is 182 Å². The average Bonchev–Trinajstić information content (AvgIpc) is 3.43. The van der Waals surface area contributed by atoms with E-state index < -0.39 is 0 Å². The molecule has 0 radical (unpaired) electrons. The molecule has 0 aliphatic carbocycles. The molecule has 158 valence electrons. The summed E-state index contributed by atoms with van der Waals surface area (Å²) in [6.45, 7) is 6.75. The molecule has 0 saturated carbocycles. The Kier molecular flexibility index (Phi) is 5.26. The van der Waals surface area contributed by atoms with E-state index in [4.69, 9.17) is 9.52 Å². The predicted octanol–water partition coefficient (Wildman–Crippen LogP) is 3.71. The van der Waals surface area contributed by atoms with Gasteiger partial charge in [0.05, 0.1) is 6.54 Å². The van der Waals surface area contributed by atoms with E-state index in [1.54, 1.807) is 0 Å². The average molecular weight is 415 g/mol. The molecular formula is C24H26N6O. The summed E-state index contributed by atoms with van der Waals surface area (Å²) in [4.78, 5) is 13.9. The lowest BCUT2D eigenvalue weighted by atomic mass is 10.2. The number of hydrogen-bond donors (Lipinski definition) is 0. The maximum Gasteiger partial charge on any atom is 0.217 e. The molecule has 0 N–H and O–H groups in total. The number of pyridine rings is 1. The van der Waals surface area contributed by atoms with Crippen molar-refractivity contribution in [1.29, 1.82) is 0 Å². The topological polar surface area (TPSA) is 63.2 Å². The third-order valence-corrected chi connectivity index (χ3v) is 5.71. The number of likely N-dealkylation sites (N-methyl/N-ethyl adjacent to an activating group) is 1. The van der Waals surface area contributed by atoms with Crippen LogP contribution in [0, 0.1) is 6.92 Å². The molecule has 7 heteroatoms. The van der Waals surface area contributed by atoms with Crippen LogP contribution in [0.2, 0.25) is 0 Å². The second kappa shape index (κ2) is 8.35. The van der Waals surface area contributed by atoms with Gasteiger partial charge in [0.15, 0.2) is 5.76 Å². The first kappa shape index (κ1) is 19.5. The quantitative estimate of drug-likeness (QED) is 0.496. The van der Waals surface area contributed by atoms with Gasteiger partial charge in [-0.05, 0) is 43.8 Å². The van der Waals surface area contributed by atoms with Crippen LogP contribution < -0.4 is 4.90 Å². The van der Waals surface area contributed by atoms with Crippen molar-refractivity contribution in [3.05, 3.63) is 72.2 Å². The first-order valence-electron chi connectivity index (χ1n) is 10.6. The molecule has 5 rings (SSSR count). The van der Waals surface area contributed by atoms with Crippen molar-refractivity contribution in [2.75, 3.05) is 38.1 Å². The van der Waals surface area contributed by atoms with E-state index in [0.29, 0.717) is 18.1 Å². The Morgan fingerprint density at radius 3 is 2.52 bits per heavy atom. The molecule has 1 fully saturated rings. The Hall–Kier alpha value is -3.45. The van der Waals surface area contributed by atoms with Gasteiger partial charge in [-0.3, -0.25) is 0 Å². The van der Waals surface area contributed by atoms with Crippen molar-refractivity contribution in [2.45, 2.75) is 13.5 Å². The number of piperazine rings is 1. The third kappa shape index (κ3) is 4.22. The number of nitrogens with zero attached hydrogens (tertiary/aromatic N) is 6. The maximum atomic E-state index is 6.02. The van der Waals surface area contributed by atoms with Gasteiger partial charge in [0, 0.05) is 37.9 Å². The first-order chi connectivity index (χ1) is 15.2. The molecule has 4 heterocycles. The van der Waals surface area contributed by atoms with Crippen LogP contribution >= 0.6 is 0 Å². The van der Waals surface area contributed by atoms with E-state index >= 15 is 0 Å².